The zero-order valence-corrected chi connectivity index (χ0v) is 11.1. The molecule has 104 valence electrons. The van der Waals surface area contributed by atoms with Crippen molar-refractivity contribution in [2.75, 3.05) is 17.2 Å². The lowest BCUT2D eigenvalue weighted by atomic mass is 10.1. The van der Waals surface area contributed by atoms with Gasteiger partial charge < -0.3 is 20.8 Å². The number of aromatic hydroxyl groups is 2. The number of nitrogens with zero attached hydrogens (tertiary/aromatic N) is 1. The van der Waals surface area contributed by atoms with Crippen LogP contribution < -0.4 is 10.6 Å². The molecular formula is C15H16N2O3. The summed E-state index contributed by atoms with van der Waals surface area (Å²) in [5.74, 6) is -1.11. The highest BCUT2D eigenvalue weighted by Gasteiger charge is 2.20. The first-order valence-electron chi connectivity index (χ1n) is 6.23. The molecule has 5 nitrogen and oxygen atoms in total. The number of para-hydroxylation sites is 1. The first-order chi connectivity index (χ1) is 9.54. The standard InChI is InChI=1S/C15H16N2O3/c1-2-17(11-8-6-10(16)7-9-11)15(20)12-4-3-5-13(18)14(12)19/h3-9,18-19H,2,16H2,1H3. The van der Waals surface area contributed by atoms with Crippen molar-refractivity contribution in [1.29, 1.82) is 0 Å². The van der Waals surface area contributed by atoms with Gasteiger partial charge in [0.05, 0.1) is 5.56 Å². The van der Waals surface area contributed by atoms with E-state index in [-0.39, 0.29) is 17.2 Å². The van der Waals surface area contributed by atoms with Gasteiger partial charge in [-0.2, -0.15) is 0 Å². The number of nitrogens with two attached hydrogens (primary N) is 1. The fourth-order valence-electron chi connectivity index (χ4n) is 1.95. The average molecular weight is 272 g/mol. The minimum atomic E-state index is -0.411. The molecule has 0 unspecified atom stereocenters. The van der Waals surface area contributed by atoms with E-state index in [2.05, 4.69) is 0 Å². The predicted molar refractivity (Wildman–Crippen MR) is 78.0 cm³/mol. The van der Waals surface area contributed by atoms with Crippen molar-refractivity contribution in [3.05, 3.63) is 48.0 Å². The summed E-state index contributed by atoms with van der Waals surface area (Å²) in [5, 5.41) is 19.3. The molecule has 2 aromatic carbocycles. The van der Waals surface area contributed by atoms with Gasteiger partial charge in [0.1, 0.15) is 0 Å². The van der Waals surface area contributed by atoms with Gasteiger partial charge in [-0.25, -0.2) is 0 Å². The molecular weight excluding hydrogens is 256 g/mol. The largest absolute Gasteiger partial charge is 0.504 e. The molecule has 0 aliphatic rings. The zero-order valence-electron chi connectivity index (χ0n) is 11.1. The summed E-state index contributed by atoms with van der Waals surface area (Å²) in [6, 6.07) is 11.2. The van der Waals surface area contributed by atoms with Gasteiger partial charge in [0, 0.05) is 17.9 Å². The number of nitrogen functional groups attached to an aromatic ring is 1. The fraction of sp³-hybridized carbons (Fsp3) is 0.133. The lowest BCUT2D eigenvalue weighted by Gasteiger charge is -2.21. The maximum absolute atomic E-state index is 12.5. The molecule has 0 atom stereocenters. The molecule has 4 N–H and O–H groups in total. The third-order valence-electron chi connectivity index (χ3n) is 3.01. The second kappa shape index (κ2) is 5.52. The van der Waals surface area contributed by atoms with Crippen molar-refractivity contribution in [2.24, 2.45) is 0 Å². The molecule has 1 amide bonds. The molecule has 0 aromatic heterocycles. The number of phenols is 2. The van der Waals surface area contributed by atoms with Crippen LogP contribution in [-0.2, 0) is 0 Å². The Kier molecular flexibility index (Phi) is 3.79. The van der Waals surface area contributed by atoms with Crippen molar-refractivity contribution in [3.8, 4) is 11.5 Å². The fourth-order valence-corrected chi connectivity index (χ4v) is 1.95. The zero-order chi connectivity index (χ0) is 14.7. The van der Waals surface area contributed by atoms with E-state index < -0.39 is 5.75 Å². The number of benzene rings is 2. The highest BCUT2D eigenvalue weighted by atomic mass is 16.3. The van der Waals surface area contributed by atoms with Crippen molar-refractivity contribution in [3.63, 3.8) is 0 Å². The Morgan fingerprint density at radius 2 is 1.80 bits per heavy atom. The van der Waals surface area contributed by atoms with E-state index in [1.54, 1.807) is 24.3 Å². The number of carbonyl (C=O) groups excluding carboxylic acids is 1. The highest BCUT2D eigenvalue weighted by molar-refractivity contribution is 6.08. The number of rotatable bonds is 3. The second-order valence-electron chi connectivity index (χ2n) is 4.31. The molecule has 0 saturated carbocycles. The Hall–Kier alpha value is -2.69. The monoisotopic (exact) mass is 272 g/mol. The third-order valence-corrected chi connectivity index (χ3v) is 3.01. The van der Waals surface area contributed by atoms with Crippen LogP contribution in [0.5, 0.6) is 11.5 Å². The first kappa shape index (κ1) is 13.7. The van der Waals surface area contributed by atoms with Crippen molar-refractivity contribution in [2.45, 2.75) is 6.92 Å². The summed E-state index contributed by atoms with van der Waals surface area (Å²) in [7, 11) is 0. The molecule has 2 rings (SSSR count). The van der Waals surface area contributed by atoms with Crippen LogP contribution in [0.2, 0.25) is 0 Å². The van der Waals surface area contributed by atoms with Crippen LogP contribution in [0.1, 0.15) is 17.3 Å². The molecule has 0 heterocycles. The summed E-state index contributed by atoms with van der Waals surface area (Å²) in [5.41, 5.74) is 6.97. The predicted octanol–water partition coefficient (Wildman–Crippen LogP) is 2.35. The van der Waals surface area contributed by atoms with E-state index in [1.165, 1.54) is 23.1 Å². The van der Waals surface area contributed by atoms with Crippen molar-refractivity contribution in [1.82, 2.24) is 0 Å². The number of amides is 1. The smallest absolute Gasteiger partial charge is 0.262 e. The molecule has 0 fully saturated rings. The van der Waals surface area contributed by atoms with Crippen LogP contribution in [0.25, 0.3) is 0 Å². The topological polar surface area (TPSA) is 86.8 Å². The molecule has 0 radical (unpaired) electrons. The van der Waals surface area contributed by atoms with Crippen LogP contribution in [0.15, 0.2) is 42.5 Å². The normalized spacial score (nSPS) is 10.2. The number of carbonyl (C=O) groups is 1. The second-order valence-corrected chi connectivity index (χ2v) is 4.31. The summed E-state index contributed by atoms with van der Waals surface area (Å²) < 4.78 is 0. The third kappa shape index (κ3) is 2.51. The van der Waals surface area contributed by atoms with E-state index in [4.69, 9.17) is 5.73 Å². The summed E-state index contributed by atoms with van der Waals surface area (Å²) in [4.78, 5) is 14.0. The van der Waals surface area contributed by atoms with Gasteiger partial charge in [0.15, 0.2) is 11.5 Å². The summed E-state index contributed by atoms with van der Waals surface area (Å²) in [6.07, 6.45) is 0. The van der Waals surface area contributed by atoms with E-state index >= 15 is 0 Å². The maximum atomic E-state index is 12.5. The van der Waals surface area contributed by atoms with Gasteiger partial charge in [0.25, 0.3) is 5.91 Å². The Morgan fingerprint density at radius 3 is 2.40 bits per heavy atom. The van der Waals surface area contributed by atoms with Gasteiger partial charge in [-0.05, 0) is 43.3 Å². The van der Waals surface area contributed by atoms with Crippen molar-refractivity contribution < 1.29 is 15.0 Å². The van der Waals surface area contributed by atoms with Gasteiger partial charge >= 0.3 is 0 Å². The maximum Gasteiger partial charge on any atom is 0.262 e. The van der Waals surface area contributed by atoms with Gasteiger partial charge in [-0.15, -0.1) is 0 Å². The Morgan fingerprint density at radius 1 is 1.15 bits per heavy atom. The van der Waals surface area contributed by atoms with Gasteiger partial charge in [-0.1, -0.05) is 6.07 Å². The number of phenolic OH excluding ortho intramolecular Hbond substituents is 2. The minimum absolute atomic E-state index is 0.0590. The van der Waals surface area contributed by atoms with Gasteiger partial charge in [0.2, 0.25) is 0 Å². The number of hydrogen-bond donors (Lipinski definition) is 3. The summed E-state index contributed by atoms with van der Waals surface area (Å²) in [6.45, 7) is 2.26. The molecule has 2 aromatic rings. The van der Waals surface area contributed by atoms with Crippen LogP contribution in [0.4, 0.5) is 11.4 Å². The van der Waals surface area contributed by atoms with Crippen LogP contribution in [0.3, 0.4) is 0 Å². The van der Waals surface area contributed by atoms with Crippen LogP contribution >= 0.6 is 0 Å². The van der Waals surface area contributed by atoms with Gasteiger partial charge in [-0.3, -0.25) is 4.79 Å². The molecule has 0 aliphatic carbocycles. The van der Waals surface area contributed by atoms with E-state index in [0.29, 0.717) is 17.9 Å². The quantitative estimate of drug-likeness (QED) is 0.591. The Balaban J connectivity index is 2.39. The lowest BCUT2D eigenvalue weighted by Crippen LogP contribution is -2.30. The van der Waals surface area contributed by atoms with Crippen LogP contribution in [0, 0.1) is 0 Å². The van der Waals surface area contributed by atoms with E-state index in [9.17, 15) is 15.0 Å². The van der Waals surface area contributed by atoms with Crippen molar-refractivity contribution >= 4 is 17.3 Å². The number of hydrogen-bond acceptors (Lipinski definition) is 4. The Bertz CT molecular complexity index is 624. The SMILES string of the molecule is CCN(C(=O)c1cccc(O)c1O)c1ccc(N)cc1. The lowest BCUT2D eigenvalue weighted by molar-refractivity contribution is 0.0985. The average Bonchev–Trinajstić information content (AvgIpc) is 2.44. The summed E-state index contributed by atoms with van der Waals surface area (Å²) >= 11 is 0. The van der Waals surface area contributed by atoms with Crippen LogP contribution in [-0.4, -0.2) is 22.7 Å². The Labute approximate surface area is 116 Å². The number of anilines is 2. The molecule has 20 heavy (non-hydrogen) atoms. The highest BCUT2D eigenvalue weighted by Crippen LogP contribution is 2.30. The molecule has 0 saturated heterocycles. The molecule has 5 heteroatoms. The molecule has 0 spiro atoms. The van der Waals surface area contributed by atoms with E-state index in [1.807, 2.05) is 6.92 Å². The first-order valence-corrected chi connectivity index (χ1v) is 6.23. The molecule has 0 aliphatic heterocycles. The minimum Gasteiger partial charge on any atom is -0.504 e. The molecule has 0 bridgehead atoms. The van der Waals surface area contributed by atoms with E-state index in [0.717, 1.165) is 0 Å².